The molecule has 1 aliphatic carbocycles. The van der Waals surface area contributed by atoms with E-state index < -0.39 is 0 Å². The second-order valence-electron chi connectivity index (χ2n) is 15.1. The third-order valence-electron chi connectivity index (χ3n) is 11.7. The summed E-state index contributed by atoms with van der Waals surface area (Å²) in [6, 6.07) is 53.6. The molecule has 2 atom stereocenters. The van der Waals surface area contributed by atoms with Crippen molar-refractivity contribution in [2.24, 2.45) is 4.99 Å². The Bertz CT molecular complexity index is 3270. The average molecular weight is 737 g/mol. The fourth-order valence-electron chi connectivity index (χ4n) is 8.99. The molecule has 12 rings (SSSR count). The minimum Gasteiger partial charge on any atom is -0.456 e. The number of nitrogens with one attached hydrogen (secondary N) is 2. The van der Waals surface area contributed by atoms with Crippen LogP contribution in [0.1, 0.15) is 30.1 Å². The molecule has 4 heterocycles. The molecule has 0 saturated carbocycles. The van der Waals surface area contributed by atoms with Crippen molar-refractivity contribution in [1.29, 1.82) is 0 Å². The Morgan fingerprint density at radius 1 is 0.544 bits per heavy atom. The van der Waals surface area contributed by atoms with Gasteiger partial charge in [-0.3, -0.25) is 5.32 Å². The molecule has 0 spiro atoms. The van der Waals surface area contributed by atoms with Gasteiger partial charge in [-0.1, -0.05) is 109 Å². The van der Waals surface area contributed by atoms with E-state index in [2.05, 4.69) is 179 Å². The van der Waals surface area contributed by atoms with Gasteiger partial charge in [-0.2, -0.15) is 0 Å². The van der Waals surface area contributed by atoms with Crippen molar-refractivity contribution in [3.8, 4) is 16.8 Å². The summed E-state index contributed by atoms with van der Waals surface area (Å²) in [7, 11) is 0. The summed E-state index contributed by atoms with van der Waals surface area (Å²) in [4.78, 5) is 5.17. The molecule has 0 bridgehead atoms. The quantitative estimate of drug-likeness (QED) is 0.185. The molecule has 6 nitrogen and oxygen atoms in total. The van der Waals surface area contributed by atoms with Crippen LogP contribution in [0.2, 0.25) is 0 Å². The molecule has 0 saturated heterocycles. The lowest BCUT2D eigenvalue weighted by Gasteiger charge is -2.33. The van der Waals surface area contributed by atoms with Gasteiger partial charge in [-0.05, 0) is 95.8 Å². The van der Waals surface area contributed by atoms with Crippen molar-refractivity contribution >= 4 is 71.5 Å². The molecule has 2 N–H and O–H groups in total. The summed E-state index contributed by atoms with van der Waals surface area (Å²) in [5.74, 6) is 0.844. The molecule has 6 heteroatoms. The highest BCUT2D eigenvalue weighted by Gasteiger charge is 2.27. The first-order valence-corrected chi connectivity index (χ1v) is 19.7. The van der Waals surface area contributed by atoms with E-state index in [0.717, 1.165) is 90.5 Å². The summed E-state index contributed by atoms with van der Waals surface area (Å²) >= 11 is 0. The Kier molecular flexibility index (Phi) is 7.16. The zero-order valence-corrected chi connectivity index (χ0v) is 30.9. The molecular formula is C51H36N4O2. The maximum absolute atomic E-state index is 6.53. The van der Waals surface area contributed by atoms with Crippen LogP contribution >= 0.6 is 0 Å². The summed E-state index contributed by atoms with van der Waals surface area (Å²) in [5, 5.41) is 14.2. The van der Waals surface area contributed by atoms with Crippen LogP contribution < -0.4 is 10.6 Å². The van der Waals surface area contributed by atoms with E-state index in [9.17, 15) is 0 Å². The number of hydrogen-bond acceptors (Lipinski definition) is 5. The maximum atomic E-state index is 6.53. The number of allylic oxidation sites excluding steroid dienone is 2. The summed E-state index contributed by atoms with van der Waals surface area (Å²) in [6.07, 6.45) is 8.65. The van der Waals surface area contributed by atoms with Crippen molar-refractivity contribution < 1.29 is 8.83 Å². The summed E-state index contributed by atoms with van der Waals surface area (Å²) < 4.78 is 15.4. The van der Waals surface area contributed by atoms with Gasteiger partial charge in [0.05, 0.1) is 22.1 Å². The molecule has 272 valence electrons. The van der Waals surface area contributed by atoms with Crippen LogP contribution in [0.3, 0.4) is 0 Å². The zero-order chi connectivity index (χ0) is 37.5. The van der Waals surface area contributed by atoms with E-state index in [1.165, 1.54) is 27.4 Å². The fraction of sp³-hybridized carbons (Fsp3) is 0.0784. The summed E-state index contributed by atoms with van der Waals surface area (Å²) in [6.45, 7) is 0. The molecule has 2 unspecified atom stereocenters. The number of amidine groups is 1. The minimum absolute atomic E-state index is 0.0593. The van der Waals surface area contributed by atoms with Gasteiger partial charge in [-0.15, -0.1) is 0 Å². The van der Waals surface area contributed by atoms with Crippen LogP contribution in [0.5, 0.6) is 0 Å². The van der Waals surface area contributed by atoms with Crippen LogP contribution in [-0.4, -0.2) is 16.6 Å². The fourth-order valence-corrected chi connectivity index (χ4v) is 8.99. The second kappa shape index (κ2) is 12.7. The van der Waals surface area contributed by atoms with Crippen molar-refractivity contribution in [2.45, 2.75) is 25.2 Å². The molecule has 57 heavy (non-hydrogen) atoms. The normalized spacial score (nSPS) is 17.2. The topological polar surface area (TPSA) is 67.6 Å². The summed E-state index contributed by atoms with van der Waals surface area (Å²) in [5.41, 5.74) is 12.5. The monoisotopic (exact) mass is 736 g/mol. The van der Waals surface area contributed by atoms with Gasteiger partial charge in [0, 0.05) is 32.5 Å². The van der Waals surface area contributed by atoms with E-state index in [-0.39, 0.29) is 12.3 Å². The zero-order valence-electron chi connectivity index (χ0n) is 30.9. The number of aromatic nitrogens is 1. The molecule has 0 radical (unpaired) electrons. The second-order valence-corrected chi connectivity index (χ2v) is 15.1. The average Bonchev–Trinajstić information content (AvgIpc) is 3.95. The Morgan fingerprint density at radius 2 is 1.25 bits per heavy atom. The first-order valence-electron chi connectivity index (χ1n) is 19.7. The van der Waals surface area contributed by atoms with Crippen molar-refractivity contribution in [1.82, 2.24) is 15.2 Å². The number of aliphatic imine (C=N–C) groups is 1. The third kappa shape index (κ3) is 5.18. The molecule has 2 aliphatic rings. The minimum atomic E-state index is -0.180. The largest absolute Gasteiger partial charge is 0.456 e. The number of furan rings is 2. The van der Waals surface area contributed by atoms with Crippen molar-refractivity contribution in [3.63, 3.8) is 0 Å². The number of benzene rings is 7. The van der Waals surface area contributed by atoms with E-state index in [1.807, 2.05) is 6.07 Å². The Morgan fingerprint density at radius 3 is 2.02 bits per heavy atom. The molecule has 0 amide bonds. The van der Waals surface area contributed by atoms with Crippen LogP contribution in [0.4, 0.5) is 0 Å². The molecule has 7 aromatic carbocycles. The highest BCUT2D eigenvalue weighted by Crippen LogP contribution is 2.41. The first kappa shape index (κ1) is 32.1. The van der Waals surface area contributed by atoms with Gasteiger partial charge >= 0.3 is 0 Å². The number of para-hydroxylation sites is 2. The van der Waals surface area contributed by atoms with Crippen LogP contribution in [0.25, 0.3) is 82.5 Å². The molecule has 0 fully saturated rings. The lowest BCUT2D eigenvalue weighted by molar-refractivity contribution is 0.440. The van der Waals surface area contributed by atoms with Gasteiger partial charge in [0.2, 0.25) is 0 Å². The third-order valence-corrected chi connectivity index (χ3v) is 11.7. The Labute approximate surface area is 328 Å². The van der Waals surface area contributed by atoms with E-state index >= 15 is 0 Å². The SMILES string of the molecule is C1=CC(C2NC(c3ccc4c(c3)oc3ccc(-c5ccc6oc7cccc(-n8c9ccccc9c9ccccc98)c7c6c5)cc34)=NC(c3ccccc3)N2)=CCC1. The number of rotatable bonds is 5. The number of hydrogen-bond donors (Lipinski definition) is 2. The van der Waals surface area contributed by atoms with Gasteiger partial charge in [0.1, 0.15) is 40.5 Å². The molecule has 3 aromatic heterocycles. The van der Waals surface area contributed by atoms with E-state index in [4.69, 9.17) is 13.8 Å². The smallest absolute Gasteiger partial charge is 0.137 e. The number of nitrogens with zero attached hydrogens (tertiary/aromatic N) is 2. The highest BCUT2D eigenvalue weighted by atomic mass is 16.3. The van der Waals surface area contributed by atoms with Crippen LogP contribution in [0, 0.1) is 0 Å². The van der Waals surface area contributed by atoms with Gasteiger partial charge < -0.3 is 18.7 Å². The predicted octanol–water partition coefficient (Wildman–Crippen LogP) is 12.5. The first-order chi connectivity index (χ1) is 28.2. The van der Waals surface area contributed by atoms with Gasteiger partial charge in [0.25, 0.3) is 0 Å². The Balaban J connectivity index is 0.948. The van der Waals surface area contributed by atoms with Crippen LogP contribution in [-0.2, 0) is 0 Å². The lowest BCUT2D eigenvalue weighted by atomic mass is 9.99. The van der Waals surface area contributed by atoms with E-state index in [0.29, 0.717) is 0 Å². The van der Waals surface area contributed by atoms with Gasteiger partial charge in [0.15, 0.2) is 0 Å². The Hall–Kier alpha value is -7.15. The van der Waals surface area contributed by atoms with Crippen LogP contribution in [0.15, 0.2) is 189 Å². The highest BCUT2D eigenvalue weighted by molar-refractivity contribution is 6.15. The van der Waals surface area contributed by atoms with Crippen molar-refractivity contribution in [2.75, 3.05) is 0 Å². The van der Waals surface area contributed by atoms with Crippen molar-refractivity contribution in [3.05, 3.63) is 187 Å². The molecule has 10 aromatic rings. The van der Waals surface area contributed by atoms with Gasteiger partial charge in [-0.25, -0.2) is 4.99 Å². The molecule has 1 aliphatic heterocycles. The lowest BCUT2D eigenvalue weighted by Crippen LogP contribution is -2.52. The molecular weight excluding hydrogens is 701 g/mol. The maximum Gasteiger partial charge on any atom is 0.137 e. The number of fused-ring (bicyclic) bond motifs is 9. The van der Waals surface area contributed by atoms with E-state index in [1.54, 1.807) is 0 Å². The standard InChI is InChI=1S/C51H36N4O2/c1-3-12-31(13-4-1)49-52-50(32-14-5-2-6-15-32)54-51(53-49)35-22-25-38-39-28-33(23-26-44(39)57-47(38)30-35)34-24-27-45-40(29-34)48-43(20-11-21-46(48)56-45)55-41-18-9-7-16-36(41)37-17-8-10-19-42(37)55/h1,3-5,7-30,49-50,52H,2,6H2,(H,53,54). The predicted molar refractivity (Wildman–Crippen MR) is 233 cm³/mol.